The highest BCUT2D eigenvalue weighted by molar-refractivity contribution is 5.94. The quantitative estimate of drug-likeness (QED) is 0.905. The van der Waals surface area contributed by atoms with Crippen LogP contribution in [0.2, 0.25) is 0 Å². The number of hydrogen-bond acceptors (Lipinski definition) is 5. The molecule has 2 heterocycles. The molecule has 1 fully saturated rings. The summed E-state index contributed by atoms with van der Waals surface area (Å²) in [4.78, 5) is 17.3. The monoisotopic (exact) mass is 342 g/mol. The maximum absolute atomic E-state index is 12.6. The Hall–Kier alpha value is -2.34. The first-order valence-corrected chi connectivity index (χ1v) is 8.87. The molecule has 3 rings (SSSR count). The molecule has 1 aromatic heterocycles. The summed E-state index contributed by atoms with van der Waals surface area (Å²) < 4.78 is 5.01. The molecule has 1 saturated heterocycles. The van der Waals surface area contributed by atoms with Crippen molar-refractivity contribution in [1.29, 1.82) is 0 Å². The smallest absolute Gasteiger partial charge is 0.242 e. The van der Waals surface area contributed by atoms with E-state index >= 15 is 0 Å². The van der Waals surface area contributed by atoms with Gasteiger partial charge in [0.15, 0.2) is 5.82 Å². The van der Waals surface area contributed by atoms with Crippen LogP contribution in [0.5, 0.6) is 0 Å². The van der Waals surface area contributed by atoms with E-state index in [-0.39, 0.29) is 11.9 Å². The fourth-order valence-corrected chi connectivity index (χ4v) is 3.44. The largest absolute Gasteiger partial charge is 0.369 e. The van der Waals surface area contributed by atoms with E-state index in [2.05, 4.69) is 51.5 Å². The Morgan fingerprint density at radius 1 is 1.24 bits per heavy atom. The van der Waals surface area contributed by atoms with Crippen LogP contribution < -0.4 is 10.2 Å². The molecule has 25 heavy (non-hydrogen) atoms. The van der Waals surface area contributed by atoms with Crippen molar-refractivity contribution in [3.63, 3.8) is 0 Å². The topological polar surface area (TPSA) is 61.6 Å². The zero-order valence-corrected chi connectivity index (χ0v) is 15.2. The lowest BCUT2D eigenvalue weighted by Crippen LogP contribution is -2.53. The standard InChI is InChI=1S/C19H26N4O2/c1-4-16(19(24)20-18-13-15(3)25-21-18)22-9-11-23(12-10-22)17-8-6-5-7-14(17)2/h5-8,13,16H,4,9-12H2,1-3H3,(H,20,21,24). The van der Waals surface area contributed by atoms with Crippen LogP contribution in [0.25, 0.3) is 0 Å². The van der Waals surface area contributed by atoms with Gasteiger partial charge in [0, 0.05) is 37.9 Å². The molecule has 6 heteroatoms. The van der Waals surface area contributed by atoms with Crippen LogP contribution in [0.1, 0.15) is 24.7 Å². The number of nitrogens with zero attached hydrogens (tertiary/aromatic N) is 3. The van der Waals surface area contributed by atoms with E-state index in [0.29, 0.717) is 11.6 Å². The second kappa shape index (κ2) is 7.70. The number of carbonyl (C=O) groups is 1. The average molecular weight is 342 g/mol. The molecule has 0 radical (unpaired) electrons. The fourth-order valence-electron chi connectivity index (χ4n) is 3.44. The zero-order chi connectivity index (χ0) is 17.8. The molecule has 0 aliphatic carbocycles. The highest BCUT2D eigenvalue weighted by Gasteiger charge is 2.28. The van der Waals surface area contributed by atoms with E-state index in [1.165, 1.54) is 11.3 Å². The van der Waals surface area contributed by atoms with Crippen molar-refractivity contribution in [1.82, 2.24) is 10.1 Å². The number of hydrogen-bond donors (Lipinski definition) is 1. The predicted molar refractivity (Wildman–Crippen MR) is 98.9 cm³/mol. The Morgan fingerprint density at radius 2 is 1.96 bits per heavy atom. The van der Waals surface area contributed by atoms with Crippen molar-refractivity contribution in [2.75, 3.05) is 36.4 Å². The summed E-state index contributed by atoms with van der Waals surface area (Å²) in [5.41, 5.74) is 2.58. The number of aromatic nitrogens is 1. The van der Waals surface area contributed by atoms with Crippen molar-refractivity contribution >= 4 is 17.4 Å². The van der Waals surface area contributed by atoms with E-state index in [9.17, 15) is 4.79 Å². The number of para-hydroxylation sites is 1. The van der Waals surface area contributed by atoms with Gasteiger partial charge in [-0.3, -0.25) is 9.69 Å². The van der Waals surface area contributed by atoms with Gasteiger partial charge in [0.05, 0.1) is 6.04 Å². The van der Waals surface area contributed by atoms with Crippen molar-refractivity contribution in [3.8, 4) is 0 Å². The van der Waals surface area contributed by atoms with Crippen LogP contribution in [0.15, 0.2) is 34.9 Å². The second-order valence-corrected chi connectivity index (χ2v) is 6.55. The number of piperazine rings is 1. The first kappa shape index (κ1) is 17.5. The number of amides is 1. The summed E-state index contributed by atoms with van der Waals surface area (Å²) >= 11 is 0. The fraction of sp³-hybridized carbons (Fsp3) is 0.474. The van der Waals surface area contributed by atoms with Gasteiger partial charge in [-0.05, 0) is 31.9 Å². The maximum Gasteiger partial charge on any atom is 0.242 e. The minimum absolute atomic E-state index is 0.0138. The van der Waals surface area contributed by atoms with Gasteiger partial charge < -0.3 is 14.7 Å². The third-order valence-electron chi connectivity index (χ3n) is 4.78. The zero-order valence-electron chi connectivity index (χ0n) is 15.2. The Morgan fingerprint density at radius 3 is 2.56 bits per heavy atom. The number of carbonyl (C=O) groups excluding carboxylic acids is 1. The summed E-state index contributed by atoms with van der Waals surface area (Å²) in [5.74, 6) is 1.16. The Labute approximate surface area is 148 Å². The lowest BCUT2D eigenvalue weighted by atomic mass is 10.1. The molecule has 1 aliphatic heterocycles. The normalized spacial score (nSPS) is 16.7. The SMILES string of the molecule is CCC(C(=O)Nc1cc(C)on1)N1CCN(c2ccccc2C)CC1. The summed E-state index contributed by atoms with van der Waals surface area (Å²) in [6, 6.07) is 10.1. The number of aryl methyl sites for hydroxylation is 2. The molecule has 0 spiro atoms. The van der Waals surface area contributed by atoms with Crippen LogP contribution >= 0.6 is 0 Å². The van der Waals surface area contributed by atoms with E-state index in [1.807, 2.05) is 13.8 Å². The van der Waals surface area contributed by atoms with Gasteiger partial charge in [0.25, 0.3) is 0 Å². The Balaban J connectivity index is 1.60. The van der Waals surface area contributed by atoms with Gasteiger partial charge >= 0.3 is 0 Å². The number of rotatable bonds is 5. The molecule has 1 atom stereocenters. The van der Waals surface area contributed by atoms with Crippen LogP contribution in [-0.2, 0) is 4.79 Å². The van der Waals surface area contributed by atoms with Crippen molar-refractivity contribution in [3.05, 3.63) is 41.7 Å². The van der Waals surface area contributed by atoms with Crippen molar-refractivity contribution in [2.45, 2.75) is 33.2 Å². The second-order valence-electron chi connectivity index (χ2n) is 6.55. The lowest BCUT2D eigenvalue weighted by Gasteiger charge is -2.39. The van der Waals surface area contributed by atoms with E-state index < -0.39 is 0 Å². The summed E-state index contributed by atoms with van der Waals surface area (Å²) in [6.07, 6.45) is 0.771. The molecular formula is C19H26N4O2. The van der Waals surface area contributed by atoms with Crippen LogP contribution in [0.4, 0.5) is 11.5 Å². The third-order valence-corrected chi connectivity index (χ3v) is 4.78. The minimum Gasteiger partial charge on any atom is -0.369 e. The van der Waals surface area contributed by atoms with Crippen LogP contribution in [-0.4, -0.2) is 48.2 Å². The van der Waals surface area contributed by atoms with Crippen molar-refractivity contribution in [2.24, 2.45) is 0 Å². The van der Waals surface area contributed by atoms with Crippen LogP contribution in [0, 0.1) is 13.8 Å². The van der Waals surface area contributed by atoms with Gasteiger partial charge in [-0.1, -0.05) is 30.3 Å². The summed E-state index contributed by atoms with van der Waals surface area (Å²) in [6.45, 7) is 9.60. The van der Waals surface area contributed by atoms with E-state index in [1.54, 1.807) is 6.07 Å². The maximum atomic E-state index is 12.6. The van der Waals surface area contributed by atoms with Gasteiger partial charge in [-0.15, -0.1) is 0 Å². The molecule has 0 bridgehead atoms. The molecule has 134 valence electrons. The average Bonchev–Trinajstić information content (AvgIpc) is 3.01. The molecule has 1 N–H and O–H groups in total. The number of anilines is 2. The van der Waals surface area contributed by atoms with Gasteiger partial charge in [0.2, 0.25) is 5.91 Å². The molecule has 6 nitrogen and oxygen atoms in total. The number of nitrogens with one attached hydrogen (secondary N) is 1. The first-order valence-electron chi connectivity index (χ1n) is 8.87. The number of benzene rings is 1. The lowest BCUT2D eigenvalue weighted by molar-refractivity contribution is -0.121. The van der Waals surface area contributed by atoms with Crippen molar-refractivity contribution < 1.29 is 9.32 Å². The highest BCUT2D eigenvalue weighted by Crippen LogP contribution is 2.22. The predicted octanol–water partition coefficient (Wildman–Crippen LogP) is 2.83. The van der Waals surface area contributed by atoms with Crippen LogP contribution in [0.3, 0.4) is 0 Å². The molecule has 0 saturated carbocycles. The van der Waals surface area contributed by atoms with Gasteiger partial charge in [-0.2, -0.15) is 0 Å². The van der Waals surface area contributed by atoms with E-state index in [0.717, 1.165) is 32.6 Å². The molecule has 1 aromatic carbocycles. The summed E-state index contributed by atoms with van der Waals surface area (Å²) in [5, 5.41) is 6.71. The van der Waals surface area contributed by atoms with Gasteiger partial charge in [-0.25, -0.2) is 0 Å². The van der Waals surface area contributed by atoms with E-state index in [4.69, 9.17) is 4.52 Å². The van der Waals surface area contributed by atoms with Gasteiger partial charge in [0.1, 0.15) is 5.76 Å². The third kappa shape index (κ3) is 4.02. The minimum atomic E-state index is -0.143. The highest BCUT2D eigenvalue weighted by atomic mass is 16.5. The Bertz CT molecular complexity index is 720. The molecular weight excluding hydrogens is 316 g/mol. The molecule has 1 aliphatic rings. The summed E-state index contributed by atoms with van der Waals surface area (Å²) in [7, 11) is 0. The first-order chi connectivity index (χ1) is 12.1. The molecule has 1 amide bonds. The molecule has 2 aromatic rings. The molecule has 1 unspecified atom stereocenters. The Kier molecular flexibility index (Phi) is 5.38.